The van der Waals surface area contributed by atoms with Gasteiger partial charge in [0.05, 0.1) is 11.5 Å². The van der Waals surface area contributed by atoms with Crippen molar-refractivity contribution in [3.63, 3.8) is 0 Å². The summed E-state index contributed by atoms with van der Waals surface area (Å²) in [5.74, 6) is 0.333. The molecule has 3 N–H and O–H groups in total. The number of anilines is 1. The van der Waals surface area contributed by atoms with Crippen molar-refractivity contribution < 1.29 is 9.72 Å². The molecule has 1 aliphatic rings. The molecule has 0 aromatic heterocycles. The number of para-hydroxylation sites is 2. The van der Waals surface area contributed by atoms with Crippen LogP contribution in [0.25, 0.3) is 0 Å². The fraction of sp³-hybridized carbons (Fsp3) is 0.417. The SMILES string of the molecule is O=C(CNc1ccccc1[N+](=O)[O-])NCC1CNC1. The van der Waals surface area contributed by atoms with E-state index in [-0.39, 0.29) is 18.1 Å². The minimum Gasteiger partial charge on any atom is -0.371 e. The summed E-state index contributed by atoms with van der Waals surface area (Å²) in [5.41, 5.74) is 0.325. The number of carbonyl (C=O) groups excluding carboxylic acids is 1. The molecule has 2 rings (SSSR count). The molecule has 0 bridgehead atoms. The molecular formula is C12H16N4O3. The molecule has 1 fully saturated rings. The van der Waals surface area contributed by atoms with Gasteiger partial charge in [-0.2, -0.15) is 0 Å². The van der Waals surface area contributed by atoms with E-state index in [0.29, 0.717) is 18.2 Å². The molecule has 1 aromatic rings. The second-order valence-electron chi connectivity index (χ2n) is 4.46. The van der Waals surface area contributed by atoms with Crippen LogP contribution in [-0.2, 0) is 4.79 Å². The van der Waals surface area contributed by atoms with Crippen LogP contribution in [0.3, 0.4) is 0 Å². The van der Waals surface area contributed by atoms with Crippen molar-refractivity contribution in [1.82, 2.24) is 10.6 Å². The van der Waals surface area contributed by atoms with Gasteiger partial charge in [-0.3, -0.25) is 14.9 Å². The lowest BCUT2D eigenvalue weighted by Crippen LogP contribution is -2.48. The summed E-state index contributed by atoms with van der Waals surface area (Å²) in [6.07, 6.45) is 0. The summed E-state index contributed by atoms with van der Waals surface area (Å²) in [6.45, 7) is 2.53. The van der Waals surface area contributed by atoms with E-state index in [4.69, 9.17) is 0 Å². The normalized spacial score (nSPS) is 14.5. The van der Waals surface area contributed by atoms with Crippen molar-refractivity contribution in [3.05, 3.63) is 34.4 Å². The van der Waals surface area contributed by atoms with Gasteiger partial charge >= 0.3 is 0 Å². The molecule has 1 amide bonds. The Morgan fingerprint density at radius 3 is 2.79 bits per heavy atom. The highest BCUT2D eigenvalue weighted by atomic mass is 16.6. The Labute approximate surface area is 110 Å². The molecule has 7 heteroatoms. The third-order valence-electron chi connectivity index (χ3n) is 2.99. The fourth-order valence-electron chi connectivity index (χ4n) is 1.77. The number of hydrogen-bond acceptors (Lipinski definition) is 5. The lowest BCUT2D eigenvalue weighted by atomic mass is 10.0. The zero-order valence-electron chi connectivity index (χ0n) is 10.4. The van der Waals surface area contributed by atoms with Gasteiger partial charge in [0.2, 0.25) is 5.91 Å². The van der Waals surface area contributed by atoms with Gasteiger partial charge in [0, 0.05) is 31.6 Å². The maximum Gasteiger partial charge on any atom is 0.292 e. The van der Waals surface area contributed by atoms with Gasteiger partial charge in [0.25, 0.3) is 5.69 Å². The molecule has 1 aliphatic heterocycles. The standard InChI is InChI=1S/C12H16N4O3/c17-12(15-7-9-5-13-6-9)8-14-10-3-1-2-4-11(10)16(18)19/h1-4,9,13-14H,5-8H2,(H,15,17). The number of nitrogens with one attached hydrogen (secondary N) is 3. The molecule has 0 saturated carbocycles. The van der Waals surface area contributed by atoms with Gasteiger partial charge in [-0.15, -0.1) is 0 Å². The molecule has 0 unspecified atom stereocenters. The number of amides is 1. The van der Waals surface area contributed by atoms with E-state index in [9.17, 15) is 14.9 Å². The average Bonchev–Trinajstić information content (AvgIpc) is 2.34. The van der Waals surface area contributed by atoms with Gasteiger partial charge in [-0.25, -0.2) is 0 Å². The van der Waals surface area contributed by atoms with Gasteiger partial charge in [-0.1, -0.05) is 12.1 Å². The van der Waals surface area contributed by atoms with E-state index in [1.807, 2.05) is 0 Å². The summed E-state index contributed by atoms with van der Waals surface area (Å²) in [6, 6.07) is 6.27. The number of carbonyl (C=O) groups is 1. The highest BCUT2D eigenvalue weighted by molar-refractivity contribution is 5.81. The summed E-state index contributed by atoms with van der Waals surface area (Å²) in [4.78, 5) is 21.9. The fourth-order valence-corrected chi connectivity index (χ4v) is 1.77. The van der Waals surface area contributed by atoms with E-state index in [1.54, 1.807) is 18.2 Å². The van der Waals surface area contributed by atoms with Crippen LogP contribution in [0.4, 0.5) is 11.4 Å². The van der Waals surface area contributed by atoms with Crippen LogP contribution in [0.2, 0.25) is 0 Å². The first-order chi connectivity index (χ1) is 9.16. The Hall–Kier alpha value is -2.15. The van der Waals surface area contributed by atoms with Crippen LogP contribution >= 0.6 is 0 Å². The molecule has 0 radical (unpaired) electrons. The minimum atomic E-state index is -0.472. The molecule has 0 atom stereocenters. The summed E-state index contributed by atoms with van der Waals surface area (Å²) in [5, 5.41) is 19.5. The van der Waals surface area contributed by atoms with E-state index < -0.39 is 4.92 Å². The number of hydrogen-bond donors (Lipinski definition) is 3. The molecule has 7 nitrogen and oxygen atoms in total. The highest BCUT2D eigenvalue weighted by Crippen LogP contribution is 2.22. The number of nitro benzene ring substituents is 1. The first-order valence-electron chi connectivity index (χ1n) is 6.11. The quantitative estimate of drug-likeness (QED) is 0.508. The van der Waals surface area contributed by atoms with Crippen molar-refractivity contribution in [3.8, 4) is 0 Å². The van der Waals surface area contributed by atoms with Crippen LogP contribution in [0.15, 0.2) is 24.3 Å². The summed E-state index contributed by atoms with van der Waals surface area (Å²) in [7, 11) is 0. The minimum absolute atomic E-state index is 0.0292. The molecule has 1 aromatic carbocycles. The number of nitrogens with zero attached hydrogens (tertiary/aromatic N) is 1. The number of rotatable bonds is 6. The van der Waals surface area contributed by atoms with Crippen LogP contribution in [-0.4, -0.2) is 37.0 Å². The van der Waals surface area contributed by atoms with Crippen molar-refractivity contribution in [2.45, 2.75) is 0 Å². The average molecular weight is 264 g/mol. The molecule has 102 valence electrons. The van der Waals surface area contributed by atoms with Gasteiger partial charge < -0.3 is 16.0 Å². The summed E-state index contributed by atoms with van der Waals surface area (Å²) < 4.78 is 0. The first kappa shape index (κ1) is 13.3. The summed E-state index contributed by atoms with van der Waals surface area (Å²) >= 11 is 0. The van der Waals surface area contributed by atoms with Crippen LogP contribution in [0, 0.1) is 16.0 Å². The third kappa shape index (κ3) is 3.65. The van der Waals surface area contributed by atoms with Gasteiger partial charge in [-0.05, 0) is 6.07 Å². The molecule has 1 saturated heterocycles. The highest BCUT2D eigenvalue weighted by Gasteiger charge is 2.17. The van der Waals surface area contributed by atoms with E-state index in [0.717, 1.165) is 13.1 Å². The van der Waals surface area contributed by atoms with Crippen LogP contribution < -0.4 is 16.0 Å². The van der Waals surface area contributed by atoms with E-state index in [1.165, 1.54) is 6.07 Å². The Morgan fingerprint density at radius 1 is 1.42 bits per heavy atom. The predicted octanol–water partition coefficient (Wildman–Crippen LogP) is 0.342. The van der Waals surface area contributed by atoms with Crippen molar-refractivity contribution in [1.29, 1.82) is 0 Å². The van der Waals surface area contributed by atoms with E-state index in [2.05, 4.69) is 16.0 Å². The Morgan fingerprint density at radius 2 is 2.16 bits per heavy atom. The molecular weight excluding hydrogens is 248 g/mol. The second kappa shape index (κ2) is 6.14. The lowest BCUT2D eigenvalue weighted by molar-refractivity contribution is -0.383. The molecule has 19 heavy (non-hydrogen) atoms. The van der Waals surface area contributed by atoms with Crippen molar-refractivity contribution in [2.75, 3.05) is 31.5 Å². The largest absolute Gasteiger partial charge is 0.371 e. The predicted molar refractivity (Wildman–Crippen MR) is 71.0 cm³/mol. The Balaban J connectivity index is 1.80. The monoisotopic (exact) mass is 264 g/mol. The second-order valence-corrected chi connectivity index (χ2v) is 4.46. The van der Waals surface area contributed by atoms with Crippen LogP contribution in [0.1, 0.15) is 0 Å². The molecule has 0 spiro atoms. The zero-order valence-corrected chi connectivity index (χ0v) is 10.4. The Kier molecular flexibility index (Phi) is 4.30. The lowest BCUT2D eigenvalue weighted by Gasteiger charge is -2.27. The molecule has 1 heterocycles. The van der Waals surface area contributed by atoms with Crippen LogP contribution in [0.5, 0.6) is 0 Å². The third-order valence-corrected chi connectivity index (χ3v) is 2.99. The van der Waals surface area contributed by atoms with Crippen molar-refractivity contribution >= 4 is 17.3 Å². The Bertz CT molecular complexity index is 474. The maximum atomic E-state index is 11.6. The van der Waals surface area contributed by atoms with Gasteiger partial charge in [0.15, 0.2) is 0 Å². The van der Waals surface area contributed by atoms with E-state index >= 15 is 0 Å². The number of benzene rings is 1. The maximum absolute atomic E-state index is 11.6. The number of nitro groups is 1. The van der Waals surface area contributed by atoms with Gasteiger partial charge in [0.1, 0.15) is 5.69 Å². The first-order valence-corrected chi connectivity index (χ1v) is 6.11. The zero-order chi connectivity index (χ0) is 13.7. The smallest absolute Gasteiger partial charge is 0.292 e. The topological polar surface area (TPSA) is 96.3 Å². The van der Waals surface area contributed by atoms with Crippen molar-refractivity contribution in [2.24, 2.45) is 5.92 Å². The molecule has 0 aliphatic carbocycles.